The molecular formula is C20H22O5. The maximum absolute atomic E-state index is 10.9. The third kappa shape index (κ3) is 2.59. The Balaban J connectivity index is 1.90. The molecule has 5 nitrogen and oxygen atoms in total. The summed E-state index contributed by atoms with van der Waals surface area (Å²) < 4.78 is 22.7. The molecule has 4 rings (SSSR count). The molecule has 1 N–H and O–H groups in total. The van der Waals surface area contributed by atoms with Gasteiger partial charge in [-0.3, -0.25) is 0 Å². The van der Waals surface area contributed by atoms with E-state index in [0.29, 0.717) is 23.9 Å². The number of rotatable bonds is 3. The number of fused-ring (bicyclic) bond motifs is 2. The van der Waals surface area contributed by atoms with Crippen LogP contribution in [0, 0.1) is 5.92 Å². The second-order valence-corrected chi connectivity index (χ2v) is 6.64. The van der Waals surface area contributed by atoms with Crippen LogP contribution < -0.4 is 18.9 Å². The lowest BCUT2D eigenvalue weighted by Crippen LogP contribution is -2.45. The number of ether oxygens (including phenoxy) is 4. The van der Waals surface area contributed by atoms with Gasteiger partial charge < -0.3 is 24.1 Å². The third-order valence-electron chi connectivity index (χ3n) is 5.06. The van der Waals surface area contributed by atoms with Crippen LogP contribution in [0.4, 0.5) is 0 Å². The average Bonchev–Trinajstić information content (AvgIpc) is 3.03. The molecule has 132 valence electrons. The van der Waals surface area contributed by atoms with Gasteiger partial charge in [-0.25, -0.2) is 0 Å². The summed E-state index contributed by atoms with van der Waals surface area (Å²) in [5.74, 6) is 1.21. The Morgan fingerprint density at radius 2 is 1.84 bits per heavy atom. The van der Waals surface area contributed by atoms with Crippen molar-refractivity contribution in [2.45, 2.75) is 32.5 Å². The van der Waals surface area contributed by atoms with Crippen molar-refractivity contribution in [3.63, 3.8) is 0 Å². The van der Waals surface area contributed by atoms with E-state index in [-0.39, 0.29) is 18.6 Å². The molecular weight excluding hydrogens is 320 g/mol. The zero-order valence-corrected chi connectivity index (χ0v) is 14.6. The zero-order valence-electron chi connectivity index (χ0n) is 14.6. The quantitative estimate of drug-likeness (QED) is 0.922. The molecule has 0 bridgehead atoms. The van der Waals surface area contributed by atoms with Crippen molar-refractivity contribution in [3.05, 3.63) is 47.5 Å². The van der Waals surface area contributed by atoms with Crippen LogP contribution in [-0.4, -0.2) is 24.3 Å². The molecule has 2 heterocycles. The van der Waals surface area contributed by atoms with E-state index in [9.17, 15) is 5.11 Å². The Kier molecular flexibility index (Phi) is 3.76. The van der Waals surface area contributed by atoms with Gasteiger partial charge in [-0.15, -0.1) is 0 Å². The maximum Gasteiger partial charge on any atom is 0.231 e. The lowest BCUT2D eigenvalue weighted by atomic mass is 9.75. The molecule has 2 aliphatic rings. The molecule has 0 fully saturated rings. The molecule has 0 aliphatic carbocycles. The number of benzene rings is 2. The summed E-state index contributed by atoms with van der Waals surface area (Å²) in [6.45, 7) is 6.43. The highest BCUT2D eigenvalue weighted by atomic mass is 16.7. The molecule has 2 aliphatic heterocycles. The molecule has 0 spiro atoms. The second-order valence-electron chi connectivity index (χ2n) is 6.64. The van der Waals surface area contributed by atoms with Gasteiger partial charge in [0.05, 0.1) is 6.61 Å². The van der Waals surface area contributed by atoms with Crippen molar-refractivity contribution in [2.75, 3.05) is 13.4 Å². The first-order chi connectivity index (χ1) is 12.0. The molecule has 0 saturated heterocycles. The van der Waals surface area contributed by atoms with Crippen LogP contribution in [0.1, 0.15) is 37.8 Å². The molecule has 2 aromatic rings. The minimum atomic E-state index is -1.30. The molecule has 3 atom stereocenters. The number of aliphatic hydroxyl groups is 1. The normalized spacial score (nSPS) is 26.7. The Morgan fingerprint density at radius 3 is 2.60 bits per heavy atom. The summed E-state index contributed by atoms with van der Waals surface area (Å²) >= 11 is 0. The highest BCUT2D eigenvalue weighted by Crippen LogP contribution is 2.52. The van der Waals surface area contributed by atoms with Crippen LogP contribution in [-0.2, 0) is 0 Å². The minimum absolute atomic E-state index is 0.0870. The topological polar surface area (TPSA) is 57.2 Å². The first-order valence-corrected chi connectivity index (χ1v) is 8.58. The van der Waals surface area contributed by atoms with Crippen molar-refractivity contribution in [1.82, 2.24) is 0 Å². The second kappa shape index (κ2) is 5.85. The summed E-state index contributed by atoms with van der Waals surface area (Å²) in [6.07, 6.45) is 0. The van der Waals surface area contributed by atoms with Gasteiger partial charge in [0.2, 0.25) is 12.6 Å². The van der Waals surface area contributed by atoms with E-state index in [1.165, 1.54) is 0 Å². The van der Waals surface area contributed by atoms with E-state index in [1.807, 2.05) is 44.2 Å². The summed E-state index contributed by atoms with van der Waals surface area (Å²) in [5, 5.41) is 10.9. The van der Waals surface area contributed by atoms with E-state index in [2.05, 4.69) is 0 Å². The molecule has 5 heteroatoms. The third-order valence-corrected chi connectivity index (χ3v) is 5.06. The fourth-order valence-electron chi connectivity index (χ4n) is 3.63. The monoisotopic (exact) mass is 342 g/mol. The van der Waals surface area contributed by atoms with Crippen LogP contribution in [0.25, 0.3) is 0 Å². The smallest absolute Gasteiger partial charge is 0.231 e. The van der Waals surface area contributed by atoms with Gasteiger partial charge in [0.15, 0.2) is 11.5 Å². The number of hydrogen-bond acceptors (Lipinski definition) is 5. The molecule has 0 unspecified atom stereocenters. The first-order valence-electron chi connectivity index (χ1n) is 8.58. The van der Waals surface area contributed by atoms with Crippen molar-refractivity contribution < 1.29 is 24.1 Å². The Labute approximate surface area is 147 Å². The van der Waals surface area contributed by atoms with Crippen LogP contribution in [0.15, 0.2) is 36.4 Å². The largest absolute Gasteiger partial charge is 0.494 e. The maximum atomic E-state index is 10.9. The Morgan fingerprint density at radius 1 is 1.12 bits per heavy atom. The van der Waals surface area contributed by atoms with Crippen molar-refractivity contribution in [1.29, 1.82) is 0 Å². The SMILES string of the molecule is CCOc1ccccc1[C@H]1c2cc3c(cc2O[C@](C)(O)[C@@H]1C)OCO3. The number of hydrogen-bond donors (Lipinski definition) is 1. The minimum Gasteiger partial charge on any atom is -0.494 e. The van der Waals surface area contributed by atoms with Crippen LogP contribution >= 0.6 is 0 Å². The zero-order chi connectivity index (χ0) is 17.6. The van der Waals surface area contributed by atoms with E-state index < -0.39 is 5.79 Å². The molecule has 0 radical (unpaired) electrons. The molecule has 0 saturated carbocycles. The number of para-hydroxylation sites is 1. The summed E-state index contributed by atoms with van der Waals surface area (Å²) in [7, 11) is 0. The standard InChI is InChI=1S/C20H22O5/c1-4-22-15-8-6-5-7-13(15)19-12(2)20(3,21)25-16-10-18-17(9-14(16)19)23-11-24-18/h5-10,12,19,21H,4,11H2,1-3H3/t12-,19+,20+/m1/s1. The van der Waals surface area contributed by atoms with E-state index in [1.54, 1.807) is 13.0 Å². The van der Waals surface area contributed by atoms with Crippen LogP contribution in [0.2, 0.25) is 0 Å². The van der Waals surface area contributed by atoms with Gasteiger partial charge in [0.1, 0.15) is 11.5 Å². The predicted molar refractivity (Wildman–Crippen MR) is 92.4 cm³/mol. The van der Waals surface area contributed by atoms with Gasteiger partial charge in [0, 0.05) is 36.0 Å². The van der Waals surface area contributed by atoms with Crippen LogP contribution in [0.5, 0.6) is 23.0 Å². The average molecular weight is 342 g/mol. The van der Waals surface area contributed by atoms with Crippen molar-refractivity contribution in [3.8, 4) is 23.0 Å². The molecule has 2 aromatic carbocycles. The van der Waals surface area contributed by atoms with Gasteiger partial charge in [-0.1, -0.05) is 25.1 Å². The van der Waals surface area contributed by atoms with Gasteiger partial charge in [0.25, 0.3) is 0 Å². The van der Waals surface area contributed by atoms with E-state index in [4.69, 9.17) is 18.9 Å². The fraction of sp³-hybridized carbons (Fsp3) is 0.400. The van der Waals surface area contributed by atoms with Crippen molar-refractivity contribution in [2.24, 2.45) is 5.92 Å². The Bertz CT molecular complexity index is 799. The lowest BCUT2D eigenvalue weighted by Gasteiger charge is -2.42. The van der Waals surface area contributed by atoms with Crippen molar-refractivity contribution >= 4 is 0 Å². The summed E-state index contributed by atoms with van der Waals surface area (Å²) in [5.41, 5.74) is 2.00. The fourth-order valence-corrected chi connectivity index (χ4v) is 3.63. The molecule has 25 heavy (non-hydrogen) atoms. The predicted octanol–water partition coefficient (Wildman–Crippen LogP) is 3.68. The van der Waals surface area contributed by atoms with E-state index in [0.717, 1.165) is 16.9 Å². The molecule has 0 amide bonds. The van der Waals surface area contributed by atoms with Crippen LogP contribution in [0.3, 0.4) is 0 Å². The lowest BCUT2D eigenvalue weighted by molar-refractivity contribution is -0.171. The van der Waals surface area contributed by atoms with Gasteiger partial charge in [-0.2, -0.15) is 0 Å². The van der Waals surface area contributed by atoms with Gasteiger partial charge >= 0.3 is 0 Å². The van der Waals surface area contributed by atoms with E-state index >= 15 is 0 Å². The highest BCUT2D eigenvalue weighted by molar-refractivity contribution is 5.57. The van der Waals surface area contributed by atoms with Gasteiger partial charge in [-0.05, 0) is 19.1 Å². The summed E-state index contributed by atoms with van der Waals surface area (Å²) in [4.78, 5) is 0. The highest BCUT2D eigenvalue weighted by Gasteiger charge is 2.45. The first kappa shape index (κ1) is 16.1. The Hall–Kier alpha value is -2.40. The molecule has 0 aromatic heterocycles. The summed E-state index contributed by atoms with van der Waals surface area (Å²) in [6, 6.07) is 11.7.